The fourth-order valence-electron chi connectivity index (χ4n) is 2.49. The average Bonchev–Trinajstić information content (AvgIpc) is 2.67. The molecule has 2 aromatic rings. The highest BCUT2D eigenvalue weighted by molar-refractivity contribution is 5.98. The zero-order valence-corrected chi connectivity index (χ0v) is 9.16. The molecule has 78 valence electrons. The minimum absolute atomic E-state index is 0.157. The molecule has 0 spiro atoms. The van der Waals surface area contributed by atoms with Crippen LogP contribution in [-0.2, 0) is 6.42 Å². The molecule has 1 heteroatoms. The number of benzene rings is 2. The fraction of sp³-hybridized carbons (Fsp3) is 0.133. The van der Waals surface area contributed by atoms with Gasteiger partial charge in [0.05, 0.1) is 0 Å². The van der Waals surface area contributed by atoms with Crippen LogP contribution < -0.4 is 0 Å². The van der Waals surface area contributed by atoms with E-state index in [1.54, 1.807) is 6.92 Å². The Bertz CT molecular complexity index is 582. The van der Waals surface area contributed by atoms with E-state index < -0.39 is 0 Å². The minimum atomic E-state index is 0.157. The van der Waals surface area contributed by atoms with Crippen molar-refractivity contribution in [1.29, 1.82) is 0 Å². The second-order valence-electron chi connectivity index (χ2n) is 4.22. The van der Waals surface area contributed by atoms with Gasteiger partial charge in [0.25, 0.3) is 0 Å². The van der Waals surface area contributed by atoms with E-state index in [1.807, 2.05) is 18.2 Å². The van der Waals surface area contributed by atoms with Crippen LogP contribution in [0, 0.1) is 0 Å². The van der Waals surface area contributed by atoms with Crippen molar-refractivity contribution in [3.63, 3.8) is 0 Å². The van der Waals surface area contributed by atoms with Gasteiger partial charge in [0.2, 0.25) is 0 Å². The van der Waals surface area contributed by atoms with E-state index in [4.69, 9.17) is 0 Å². The van der Waals surface area contributed by atoms with Crippen molar-refractivity contribution in [3.8, 4) is 11.1 Å². The molecule has 0 saturated heterocycles. The molecule has 2 aromatic carbocycles. The summed E-state index contributed by atoms with van der Waals surface area (Å²) in [5, 5.41) is 0. The third-order valence-corrected chi connectivity index (χ3v) is 3.23. The Morgan fingerprint density at radius 1 is 1.00 bits per heavy atom. The van der Waals surface area contributed by atoms with Gasteiger partial charge >= 0.3 is 0 Å². The normalized spacial score (nSPS) is 12.1. The zero-order chi connectivity index (χ0) is 11.1. The van der Waals surface area contributed by atoms with Gasteiger partial charge in [0.15, 0.2) is 5.78 Å². The second-order valence-corrected chi connectivity index (χ2v) is 4.22. The minimum Gasteiger partial charge on any atom is -0.295 e. The smallest absolute Gasteiger partial charge is 0.160 e. The van der Waals surface area contributed by atoms with E-state index in [1.165, 1.54) is 22.3 Å². The van der Waals surface area contributed by atoms with E-state index in [2.05, 4.69) is 24.3 Å². The molecule has 0 radical (unpaired) electrons. The van der Waals surface area contributed by atoms with Gasteiger partial charge in [0, 0.05) is 5.56 Å². The first kappa shape index (κ1) is 9.34. The molecule has 1 nitrogen and oxygen atoms in total. The summed E-state index contributed by atoms with van der Waals surface area (Å²) >= 11 is 0. The second kappa shape index (κ2) is 3.31. The predicted molar refractivity (Wildman–Crippen MR) is 64.7 cm³/mol. The molecule has 0 bridgehead atoms. The number of ketones is 1. The maximum absolute atomic E-state index is 11.6. The van der Waals surface area contributed by atoms with Crippen molar-refractivity contribution in [1.82, 2.24) is 0 Å². The summed E-state index contributed by atoms with van der Waals surface area (Å²) < 4.78 is 0. The third kappa shape index (κ3) is 1.21. The van der Waals surface area contributed by atoms with Crippen LogP contribution in [0.5, 0.6) is 0 Å². The van der Waals surface area contributed by atoms with Gasteiger partial charge in [-0.2, -0.15) is 0 Å². The van der Waals surface area contributed by atoms with Crippen molar-refractivity contribution >= 4 is 5.78 Å². The molecule has 0 atom stereocenters. The molecule has 0 fully saturated rings. The van der Waals surface area contributed by atoms with Crippen molar-refractivity contribution < 1.29 is 4.79 Å². The Morgan fingerprint density at radius 2 is 1.75 bits per heavy atom. The molecule has 16 heavy (non-hydrogen) atoms. The SMILES string of the molecule is CC(=O)c1cccc2c1Cc1ccccc1-2. The van der Waals surface area contributed by atoms with Crippen molar-refractivity contribution in [2.75, 3.05) is 0 Å². The lowest BCUT2D eigenvalue weighted by Crippen LogP contribution is -1.97. The summed E-state index contributed by atoms with van der Waals surface area (Å²) in [6, 6.07) is 14.4. The van der Waals surface area contributed by atoms with Crippen LogP contribution >= 0.6 is 0 Å². The Balaban J connectivity index is 2.28. The predicted octanol–water partition coefficient (Wildman–Crippen LogP) is 3.46. The van der Waals surface area contributed by atoms with Crippen LogP contribution in [-0.4, -0.2) is 5.78 Å². The van der Waals surface area contributed by atoms with E-state index in [0.29, 0.717) is 0 Å². The van der Waals surface area contributed by atoms with Crippen LogP contribution in [0.4, 0.5) is 0 Å². The monoisotopic (exact) mass is 208 g/mol. The standard InChI is InChI=1S/C15H12O/c1-10(16)12-7-4-8-14-13-6-3-2-5-11(13)9-15(12)14/h2-8H,9H2,1H3. The van der Waals surface area contributed by atoms with Gasteiger partial charge in [-0.25, -0.2) is 0 Å². The number of hydrogen-bond acceptors (Lipinski definition) is 1. The molecule has 0 amide bonds. The Kier molecular flexibility index (Phi) is 1.93. The highest BCUT2D eigenvalue weighted by Gasteiger charge is 2.21. The summed E-state index contributed by atoms with van der Waals surface area (Å²) in [5.74, 6) is 0.157. The molecule has 3 rings (SSSR count). The average molecular weight is 208 g/mol. The van der Waals surface area contributed by atoms with E-state index in [-0.39, 0.29) is 5.78 Å². The van der Waals surface area contributed by atoms with E-state index >= 15 is 0 Å². The zero-order valence-electron chi connectivity index (χ0n) is 9.16. The topological polar surface area (TPSA) is 17.1 Å². The van der Waals surface area contributed by atoms with Gasteiger partial charge in [-0.15, -0.1) is 0 Å². The van der Waals surface area contributed by atoms with Crippen LogP contribution in [0.3, 0.4) is 0 Å². The molecular formula is C15H12O. The van der Waals surface area contributed by atoms with Crippen LogP contribution in [0.2, 0.25) is 0 Å². The van der Waals surface area contributed by atoms with Gasteiger partial charge in [-0.1, -0.05) is 42.5 Å². The maximum Gasteiger partial charge on any atom is 0.160 e. The fourth-order valence-corrected chi connectivity index (χ4v) is 2.49. The number of rotatable bonds is 1. The molecule has 1 aliphatic carbocycles. The summed E-state index contributed by atoms with van der Waals surface area (Å²) in [7, 11) is 0. The van der Waals surface area contributed by atoms with Crippen molar-refractivity contribution in [2.45, 2.75) is 13.3 Å². The van der Waals surface area contributed by atoms with Crippen LogP contribution in [0.25, 0.3) is 11.1 Å². The number of carbonyl (C=O) groups excluding carboxylic acids is 1. The van der Waals surface area contributed by atoms with E-state index in [9.17, 15) is 4.79 Å². The lowest BCUT2D eigenvalue weighted by atomic mass is 9.99. The number of fused-ring (bicyclic) bond motifs is 3. The number of hydrogen-bond donors (Lipinski definition) is 0. The Hall–Kier alpha value is -1.89. The molecule has 0 N–H and O–H groups in total. The molecule has 0 saturated carbocycles. The van der Waals surface area contributed by atoms with Gasteiger partial charge < -0.3 is 0 Å². The number of carbonyl (C=O) groups is 1. The van der Waals surface area contributed by atoms with Crippen LogP contribution in [0.1, 0.15) is 28.4 Å². The van der Waals surface area contributed by atoms with Crippen molar-refractivity contribution in [2.24, 2.45) is 0 Å². The molecule has 1 aliphatic rings. The Labute approximate surface area is 94.7 Å². The molecular weight excluding hydrogens is 196 g/mol. The van der Waals surface area contributed by atoms with Crippen molar-refractivity contribution in [3.05, 3.63) is 59.2 Å². The molecule has 0 heterocycles. The molecule has 0 unspecified atom stereocenters. The quantitative estimate of drug-likeness (QED) is 0.560. The maximum atomic E-state index is 11.6. The number of Topliss-reactive ketones (excluding diaryl/α,β-unsaturated/α-hetero) is 1. The van der Waals surface area contributed by atoms with Crippen LogP contribution in [0.15, 0.2) is 42.5 Å². The lowest BCUT2D eigenvalue weighted by molar-refractivity contribution is 0.101. The molecule has 0 aromatic heterocycles. The van der Waals surface area contributed by atoms with Gasteiger partial charge in [-0.05, 0) is 35.6 Å². The first-order valence-corrected chi connectivity index (χ1v) is 5.48. The largest absolute Gasteiger partial charge is 0.295 e. The lowest BCUT2D eigenvalue weighted by Gasteiger charge is -2.04. The Morgan fingerprint density at radius 3 is 2.56 bits per heavy atom. The van der Waals surface area contributed by atoms with E-state index in [0.717, 1.165) is 12.0 Å². The highest BCUT2D eigenvalue weighted by Crippen LogP contribution is 2.37. The molecule has 0 aliphatic heterocycles. The third-order valence-electron chi connectivity index (χ3n) is 3.23. The highest BCUT2D eigenvalue weighted by atomic mass is 16.1. The summed E-state index contributed by atoms with van der Waals surface area (Å²) in [4.78, 5) is 11.6. The summed E-state index contributed by atoms with van der Waals surface area (Å²) in [6.07, 6.45) is 0.890. The van der Waals surface area contributed by atoms with Gasteiger partial charge in [0.1, 0.15) is 0 Å². The van der Waals surface area contributed by atoms with Gasteiger partial charge in [-0.3, -0.25) is 4.79 Å². The first-order valence-electron chi connectivity index (χ1n) is 5.48. The first-order chi connectivity index (χ1) is 7.77. The summed E-state index contributed by atoms with van der Waals surface area (Å²) in [5.41, 5.74) is 5.89. The summed E-state index contributed by atoms with van der Waals surface area (Å²) in [6.45, 7) is 1.64.